The molecule has 0 fully saturated rings. The van der Waals surface area contributed by atoms with Crippen molar-refractivity contribution in [2.24, 2.45) is 0 Å². The summed E-state index contributed by atoms with van der Waals surface area (Å²) in [5.74, 6) is 0. The molecule has 4 heteroatoms. The predicted octanol–water partition coefficient (Wildman–Crippen LogP) is 1.68. The molecule has 0 amide bonds. The van der Waals surface area contributed by atoms with Crippen molar-refractivity contribution in [2.45, 2.75) is 0 Å². The summed E-state index contributed by atoms with van der Waals surface area (Å²) in [6, 6.07) is 3.68. The molecule has 0 aliphatic rings. The number of aromatic nitrogens is 2. The number of halogens is 1. The van der Waals surface area contributed by atoms with Crippen LogP contribution < -0.4 is 5.73 Å². The molecule has 2 aromatic heterocycles. The molecule has 0 atom stereocenters. The Morgan fingerprint density at radius 2 is 2.36 bits per heavy atom. The zero-order valence-electron chi connectivity index (χ0n) is 5.66. The van der Waals surface area contributed by atoms with Crippen LogP contribution in [0.15, 0.2) is 29.0 Å². The Balaban J connectivity index is 2.87. The van der Waals surface area contributed by atoms with Gasteiger partial charge in [0.15, 0.2) is 0 Å². The minimum atomic E-state index is 0.749. The van der Waals surface area contributed by atoms with Crippen molar-refractivity contribution < 1.29 is 0 Å². The maximum Gasteiger partial charge on any atom is 0.0824 e. The van der Waals surface area contributed by atoms with Gasteiger partial charge < -0.3 is 5.73 Å². The van der Waals surface area contributed by atoms with Crippen LogP contribution in [0, 0.1) is 0 Å². The summed E-state index contributed by atoms with van der Waals surface area (Å²) in [5, 5.41) is 4.07. The second-order valence-electron chi connectivity index (χ2n) is 2.28. The lowest BCUT2D eigenvalue weighted by molar-refractivity contribution is 0.962. The summed E-state index contributed by atoms with van der Waals surface area (Å²) >= 11 is 3.36. The summed E-state index contributed by atoms with van der Waals surface area (Å²) in [6.45, 7) is 0. The molecule has 0 aliphatic carbocycles. The minimum Gasteiger partial charge on any atom is -0.399 e. The second kappa shape index (κ2) is 2.23. The number of pyridine rings is 1. The first kappa shape index (κ1) is 6.67. The van der Waals surface area contributed by atoms with Crippen molar-refractivity contribution in [3.63, 3.8) is 0 Å². The lowest BCUT2D eigenvalue weighted by atomic mass is 10.4. The van der Waals surface area contributed by atoms with Gasteiger partial charge in [-0.15, -0.1) is 0 Å². The Bertz CT molecular complexity index is 393. The van der Waals surface area contributed by atoms with Crippen molar-refractivity contribution in [2.75, 3.05) is 5.73 Å². The predicted molar refractivity (Wildman–Crippen MR) is 47.3 cm³/mol. The van der Waals surface area contributed by atoms with Gasteiger partial charge in [-0.05, 0) is 28.1 Å². The third kappa shape index (κ3) is 0.991. The molecule has 2 heterocycles. The Morgan fingerprint density at radius 1 is 1.55 bits per heavy atom. The number of nitrogens with zero attached hydrogens (tertiary/aromatic N) is 2. The Kier molecular flexibility index (Phi) is 1.35. The second-order valence-corrected chi connectivity index (χ2v) is 3.14. The number of fused-ring (bicyclic) bond motifs is 1. The fourth-order valence-corrected chi connectivity index (χ4v) is 1.35. The number of rotatable bonds is 0. The van der Waals surface area contributed by atoms with Gasteiger partial charge in [0.1, 0.15) is 0 Å². The summed E-state index contributed by atoms with van der Waals surface area (Å²) in [4.78, 5) is 0. The van der Waals surface area contributed by atoms with Gasteiger partial charge in [-0.3, -0.25) is 0 Å². The summed E-state index contributed by atoms with van der Waals surface area (Å²) in [5.41, 5.74) is 7.33. The van der Waals surface area contributed by atoms with Gasteiger partial charge in [-0.25, -0.2) is 4.52 Å². The van der Waals surface area contributed by atoms with Gasteiger partial charge in [0.05, 0.1) is 16.2 Å². The molecule has 2 aromatic rings. The smallest absolute Gasteiger partial charge is 0.0824 e. The van der Waals surface area contributed by atoms with Gasteiger partial charge in [-0.2, -0.15) is 5.10 Å². The number of hydrogen-bond acceptors (Lipinski definition) is 2. The highest BCUT2D eigenvalue weighted by molar-refractivity contribution is 9.10. The SMILES string of the molecule is Nc1ccn2ncc(Br)c2c1. The van der Waals surface area contributed by atoms with E-state index in [1.165, 1.54) is 0 Å². The van der Waals surface area contributed by atoms with E-state index in [0.717, 1.165) is 15.7 Å². The van der Waals surface area contributed by atoms with Gasteiger partial charge >= 0.3 is 0 Å². The van der Waals surface area contributed by atoms with Gasteiger partial charge in [-0.1, -0.05) is 0 Å². The fraction of sp³-hybridized carbons (Fsp3) is 0. The van der Waals surface area contributed by atoms with E-state index in [4.69, 9.17) is 5.73 Å². The van der Waals surface area contributed by atoms with E-state index in [9.17, 15) is 0 Å². The molecular weight excluding hydrogens is 206 g/mol. The normalized spacial score (nSPS) is 10.6. The largest absolute Gasteiger partial charge is 0.399 e. The Morgan fingerprint density at radius 3 is 3.18 bits per heavy atom. The first-order chi connectivity index (χ1) is 5.27. The third-order valence-corrected chi connectivity index (χ3v) is 2.11. The Labute approximate surface area is 71.9 Å². The van der Waals surface area contributed by atoms with Crippen LogP contribution in [0.2, 0.25) is 0 Å². The van der Waals surface area contributed by atoms with E-state index in [1.807, 2.05) is 18.3 Å². The van der Waals surface area contributed by atoms with Crippen LogP contribution in [0.4, 0.5) is 5.69 Å². The molecule has 0 saturated carbocycles. The third-order valence-electron chi connectivity index (χ3n) is 1.50. The molecule has 56 valence electrons. The summed E-state index contributed by atoms with van der Waals surface area (Å²) in [7, 11) is 0. The van der Waals surface area contributed by atoms with E-state index < -0.39 is 0 Å². The lowest BCUT2D eigenvalue weighted by Crippen LogP contribution is -1.89. The maximum absolute atomic E-state index is 5.59. The molecule has 0 radical (unpaired) electrons. The summed E-state index contributed by atoms with van der Waals surface area (Å²) in [6.07, 6.45) is 3.57. The van der Waals surface area contributed by atoms with Crippen LogP contribution in [0.1, 0.15) is 0 Å². The molecule has 0 aromatic carbocycles. The molecule has 11 heavy (non-hydrogen) atoms. The first-order valence-electron chi connectivity index (χ1n) is 3.16. The average molecular weight is 212 g/mol. The van der Waals surface area contributed by atoms with Crippen molar-refractivity contribution in [3.05, 3.63) is 29.0 Å². The zero-order chi connectivity index (χ0) is 7.84. The molecule has 0 unspecified atom stereocenters. The molecule has 0 aliphatic heterocycles. The van der Waals surface area contributed by atoms with E-state index in [2.05, 4.69) is 21.0 Å². The minimum absolute atomic E-state index is 0.749. The van der Waals surface area contributed by atoms with Crippen molar-refractivity contribution in [3.8, 4) is 0 Å². The number of hydrogen-bond donors (Lipinski definition) is 1. The van der Waals surface area contributed by atoms with Crippen LogP contribution in [0.5, 0.6) is 0 Å². The highest BCUT2D eigenvalue weighted by Crippen LogP contribution is 2.18. The number of anilines is 1. The number of nitrogen functional groups attached to an aromatic ring is 1. The van der Waals surface area contributed by atoms with Gasteiger partial charge in [0, 0.05) is 11.9 Å². The van der Waals surface area contributed by atoms with Crippen LogP contribution in [0.3, 0.4) is 0 Å². The Hall–Kier alpha value is -1.03. The van der Waals surface area contributed by atoms with Crippen LogP contribution >= 0.6 is 15.9 Å². The maximum atomic E-state index is 5.59. The molecule has 2 N–H and O–H groups in total. The van der Waals surface area contributed by atoms with E-state index in [1.54, 1.807) is 10.7 Å². The quantitative estimate of drug-likeness (QED) is 0.721. The number of nitrogens with two attached hydrogens (primary N) is 1. The first-order valence-corrected chi connectivity index (χ1v) is 3.95. The molecule has 0 bridgehead atoms. The topological polar surface area (TPSA) is 43.3 Å². The molecular formula is C7H6BrN3. The highest BCUT2D eigenvalue weighted by Gasteiger charge is 1.98. The highest BCUT2D eigenvalue weighted by atomic mass is 79.9. The summed E-state index contributed by atoms with van der Waals surface area (Å²) < 4.78 is 2.73. The molecule has 2 rings (SSSR count). The standard InChI is InChI=1S/C7H6BrN3/c8-6-4-10-11-2-1-5(9)3-7(6)11/h1-4H,9H2. The van der Waals surface area contributed by atoms with E-state index >= 15 is 0 Å². The zero-order valence-corrected chi connectivity index (χ0v) is 7.25. The van der Waals surface area contributed by atoms with Crippen molar-refractivity contribution in [1.29, 1.82) is 0 Å². The average Bonchev–Trinajstić information content (AvgIpc) is 2.33. The van der Waals surface area contributed by atoms with E-state index in [0.29, 0.717) is 0 Å². The monoisotopic (exact) mass is 211 g/mol. The van der Waals surface area contributed by atoms with Crippen LogP contribution in [-0.2, 0) is 0 Å². The van der Waals surface area contributed by atoms with Gasteiger partial charge in [0.25, 0.3) is 0 Å². The van der Waals surface area contributed by atoms with E-state index in [-0.39, 0.29) is 0 Å². The lowest BCUT2D eigenvalue weighted by Gasteiger charge is -1.94. The molecule has 3 nitrogen and oxygen atoms in total. The van der Waals surface area contributed by atoms with Crippen molar-refractivity contribution in [1.82, 2.24) is 9.61 Å². The van der Waals surface area contributed by atoms with Gasteiger partial charge in [0.2, 0.25) is 0 Å². The molecule has 0 saturated heterocycles. The van der Waals surface area contributed by atoms with Crippen LogP contribution in [-0.4, -0.2) is 9.61 Å². The fourth-order valence-electron chi connectivity index (χ4n) is 0.967. The molecule has 0 spiro atoms. The van der Waals surface area contributed by atoms with Crippen LogP contribution in [0.25, 0.3) is 5.52 Å². The van der Waals surface area contributed by atoms with Crippen molar-refractivity contribution >= 4 is 27.1 Å².